The van der Waals surface area contributed by atoms with Gasteiger partial charge in [0.15, 0.2) is 5.65 Å². The number of amides is 2. The molecule has 0 fully saturated rings. The maximum absolute atomic E-state index is 12.1. The van der Waals surface area contributed by atoms with Crippen molar-refractivity contribution < 1.29 is 9.53 Å². The number of para-hydroxylation sites is 1. The second-order valence-corrected chi connectivity index (χ2v) is 7.57. The van der Waals surface area contributed by atoms with Gasteiger partial charge in [0.2, 0.25) is 0 Å². The van der Waals surface area contributed by atoms with Crippen LogP contribution in [-0.4, -0.2) is 63.3 Å². The summed E-state index contributed by atoms with van der Waals surface area (Å²) in [7, 11) is 5.20. The molecule has 0 saturated carbocycles. The summed E-state index contributed by atoms with van der Waals surface area (Å²) in [5.74, 6) is 1.85. The molecule has 0 radical (unpaired) electrons. The summed E-state index contributed by atoms with van der Waals surface area (Å²) in [5.41, 5.74) is 8.37. The highest BCUT2D eigenvalue weighted by Gasteiger charge is 2.18. The molecule has 0 atom stereocenters. The first kappa shape index (κ1) is 21.1. The predicted octanol–water partition coefficient (Wildman–Crippen LogP) is 3.48. The van der Waals surface area contributed by atoms with E-state index in [1.54, 1.807) is 30.7 Å². The van der Waals surface area contributed by atoms with Gasteiger partial charge in [-0.3, -0.25) is 0 Å². The minimum atomic E-state index is -0.0789. The van der Waals surface area contributed by atoms with E-state index in [4.69, 9.17) is 15.6 Å². The maximum atomic E-state index is 12.1. The van der Waals surface area contributed by atoms with Crippen molar-refractivity contribution in [3.05, 3.63) is 60.9 Å². The minimum absolute atomic E-state index is 0.0789. The van der Waals surface area contributed by atoms with Crippen LogP contribution >= 0.6 is 0 Å². The summed E-state index contributed by atoms with van der Waals surface area (Å²) >= 11 is 0. The van der Waals surface area contributed by atoms with Crippen molar-refractivity contribution in [2.24, 2.45) is 0 Å². The van der Waals surface area contributed by atoms with Crippen LogP contribution in [0.3, 0.4) is 0 Å². The van der Waals surface area contributed by atoms with Gasteiger partial charge >= 0.3 is 6.03 Å². The van der Waals surface area contributed by atoms with Crippen molar-refractivity contribution in [1.29, 1.82) is 0 Å². The van der Waals surface area contributed by atoms with E-state index in [1.807, 2.05) is 54.6 Å². The Morgan fingerprint density at radius 1 is 1.00 bits per heavy atom. The molecule has 4 aromatic rings. The van der Waals surface area contributed by atoms with Crippen LogP contribution in [0.1, 0.15) is 0 Å². The summed E-state index contributed by atoms with van der Waals surface area (Å²) in [6.45, 7) is 0.944. The van der Waals surface area contributed by atoms with E-state index in [2.05, 4.69) is 9.97 Å². The van der Waals surface area contributed by atoms with E-state index in [9.17, 15) is 4.79 Å². The van der Waals surface area contributed by atoms with E-state index in [0.29, 0.717) is 35.6 Å². The third-order valence-corrected chi connectivity index (χ3v) is 5.02. The molecule has 4 rings (SSSR count). The first-order valence-corrected chi connectivity index (χ1v) is 10.2. The fourth-order valence-electron chi connectivity index (χ4n) is 3.38. The first-order chi connectivity index (χ1) is 15.4. The Kier molecular flexibility index (Phi) is 5.89. The number of nitrogen functional groups attached to an aromatic ring is 1. The molecule has 0 saturated heterocycles. The predicted molar refractivity (Wildman–Crippen MR) is 123 cm³/mol. The van der Waals surface area contributed by atoms with Gasteiger partial charge < -0.3 is 20.3 Å². The van der Waals surface area contributed by atoms with Crippen molar-refractivity contribution in [2.75, 3.05) is 33.4 Å². The van der Waals surface area contributed by atoms with Crippen LogP contribution in [0.15, 0.2) is 60.9 Å². The standard InChI is InChI=1S/C23H25N7O2/c1-28(2)23(31)29(3)13-14-30-22-19(21(24)25-15-26-22)20(27-30)16-9-11-18(12-10-16)32-17-7-5-4-6-8-17/h4-12,15H,13-14H2,1-3H3,(H2,24,25,26). The quantitative estimate of drug-likeness (QED) is 0.501. The van der Waals surface area contributed by atoms with E-state index in [-0.39, 0.29) is 6.03 Å². The summed E-state index contributed by atoms with van der Waals surface area (Å²) in [6.07, 6.45) is 1.42. The molecule has 0 aliphatic carbocycles. The normalized spacial score (nSPS) is 10.8. The second-order valence-electron chi connectivity index (χ2n) is 7.57. The Morgan fingerprint density at radius 2 is 1.69 bits per heavy atom. The minimum Gasteiger partial charge on any atom is -0.457 e. The number of ether oxygens (including phenoxy) is 1. The van der Waals surface area contributed by atoms with Crippen molar-refractivity contribution in [2.45, 2.75) is 6.54 Å². The van der Waals surface area contributed by atoms with Gasteiger partial charge in [-0.25, -0.2) is 19.4 Å². The van der Waals surface area contributed by atoms with Crippen LogP contribution in [0.4, 0.5) is 10.6 Å². The lowest BCUT2D eigenvalue weighted by Gasteiger charge is -2.21. The third-order valence-electron chi connectivity index (χ3n) is 5.02. The average molecular weight is 432 g/mol. The number of nitrogens with zero attached hydrogens (tertiary/aromatic N) is 6. The first-order valence-electron chi connectivity index (χ1n) is 10.2. The van der Waals surface area contributed by atoms with Gasteiger partial charge in [0.1, 0.15) is 29.3 Å². The van der Waals surface area contributed by atoms with Crippen LogP contribution in [0.2, 0.25) is 0 Å². The number of fused-ring (bicyclic) bond motifs is 1. The molecule has 9 nitrogen and oxygen atoms in total. The number of hydrogen-bond acceptors (Lipinski definition) is 6. The summed E-state index contributed by atoms with van der Waals surface area (Å²) < 4.78 is 7.64. The van der Waals surface area contributed by atoms with Gasteiger partial charge in [0.25, 0.3) is 0 Å². The van der Waals surface area contributed by atoms with Gasteiger partial charge in [-0.05, 0) is 36.4 Å². The molecule has 2 amide bonds. The van der Waals surface area contributed by atoms with Gasteiger partial charge in [-0.15, -0.1) is 0 Å². The number of benzene rings is 2. The molecule has 2 aromatic carbocycles. The number of aromatic nitrogens is 4. The topological polar surface area (TPSA) is 102 Å². The number of likely N-dealkylation sites (N-methyl/N-ethyl adjacent to an activating group) is 1. The number of rotatable bonds is 6. The van der Waals surface area contributed by atoms with Crippen LogP contribution in [0.5, 0.6) is 11.5 Å². The number of hydrogen-bond donors (Lipinski definition) is 1. The van der Waals surface area contributed by atoms with Gasteiger partial charge in [0.05, 0.1) is 11.9 Å². The number of anilines is 1. The van der Waals surface area contributed by atoms with Crippen molar-refractivity contribution >= 4 is 22.9 Å². The largest absolute Gasteiger partial charge is 0.457 e. The van der Waals surface area contributed by atoms with E-state index in [0.717, 1.165) is 17.1 Å². The number of carbonyl (C=O) groups excluding carboxylic acids is 1. The highest BCUT2D eigenvalue weighted by molar-refractivity contribution is 5.98. The third kappa shape index (κ3) is 4.31. The van der Waals surface area contributed by atoms with Gasteiger partial charge in [0, 0.05) is 33.3 Å². The molecule has 0 bridgehead atoms. The highest BCUT2D eigenvalue weighted by Crippen LogP contribution is 2.32. The molecule has 164 valence electrons. The van der Waals surface area contributed by atoms with Crippen LogP contribution in [-0.2, 0) is 6.54 Å². The van der Waals surface area contributed by atoms with Gasteiger partial charge in [-0.1, -0.05) is 18.2 Å². The van der Waals surface area contributed by atoms with Crippen LogP contribution < -0.4 is 10.5 Å². The lowest BCUT2D eigenvalue weighted by atomic mass is 10.1. The Morgan fingerprint density at radius 3 is 2.38 bits per heavy atom. The van der Waals surface area contributed by atoms with Gasteiger partial charge in [-0.2, -0.15) is 5.10 Å². The molecule has 2 heterocycles. The molecule has 0 unspecified atom stereocenters. The molecule has 0 spiro atoms. The summed E-state index contributed by atoms with van der Waals surface area (Å²) in [4.78, 5) is 23.8. The lowest BCUT2D eigenvalue weighted by Crippen LogP contribution is -2.38. The van der Waals surface area contributed by atoms with Crippen LogP contribution in [0.25, 0.3) is 22.3 Å². The molecular formula is C23H25N7O2. The Balaban J connectivity index is 1.62. The Labute approximate surface area is 186 Å². The fourth-order valence-corrected chi connectivity index (χ4v) is 3.38. The molecule has 32 heavy (non-hydrogen) atoms. The lowest BCUT2D eigenvalue weighted by molar-refractivity contribution is 0.180. The highest BCUT2D eigenvalue weighted by atomic mass is 16.5. The zero-order chi connectivity index (χ0) is 22.7. The zero-order valence-electron chi connectivity index (χ0n) is 18.3. The average Bonchev–Trinajstić information content (AvgIpc) is 3.18. The fraction of sp³-hybridized carbons (Fsp3) is 0.217. The Bertz CT molecular complexity index is 1220. The van der Waals surface area contributed by atoms with E-state index >= 15 is 0 Å². The van der Waals surface area contributed by atoms with Crippen molar-refractivity contribution in [3.63, 3.8) is 0 Å². The van der Waals surface area contributed by atoms with Crippen LogP contribution in [0, 0.1) is 0 Å². The zero-order valence-corrected chi connectivity index (χ0v) is 18.3. The number of carbonyl (C=O) groups is 1. The van der Waals surface area contributed by atoms with Crippen molar-refractivity contribution in [3.8, 4) is 22.8 Å². The number of nitrogens with two attached hydrogens (primary N) is 1. The molecule has 0 aliphatic heterocycles. The molecule has 9 heteroatoms. The second kappa shape index (κ2) is 8.93. The number of urea groups is 1. The molecule has 0 aliphatic rings. The summed E-state index contributed by atoms with van der Waals surface area (Å²) in [5, 5.41) is 5.44. The Hall–Kier alpha value is -4.14. The summed E-state index contributed by atoms with van der Waals surface area (Å²) in [6, 6.07) is 17.1. The monoisotopic (exact) mass is 431 g/mol. The van der Waals surface area contributed by atoms with Crippen molar-refractivity contribution in [1.82, 2.24) is 29.5 Å². The molecular weight excluding hydrogens is 406 g/mol. The maximum Gasteiger partial charge on any atom is 0.319 e. The molecule has 2 N–H and O–H groups in total. The van der Waals surface area contributed by atoms with E-state index in [1.165, 1.54) is 11.2 Å². The molecule has 2 aromatic heterocycles. The van der Waals surface area contributed by atoms with E-state index < -0.39 is 0 Å². The smallest absolute Gasteiger partial charge is 0.319 e. The SMILES string of the molecule is CN(C)C(=O)N(C)CCn1nc(-c2ccc(Oc3ccccc3)cc2)c2c(N)ncnc21.